The molecule has 1 aliphatic heterocycles. The van der Waals surface area contributed by atoms with Gasteiger partial charge < -0.3 is 9.55 Å². The minimum Gasteiger partial charge on any atom is -0.345 e. The minimum atomic E-state index is 0.542. The molecular weight excluding hydrogens is 526 g/mol. The average molecular weight is 574 g/mol. The van der Waals surface area contributed by atoms with Crippen LogP contribution in [0.3, 0.4) is 0 Å². The van der Waals surface area contributed by atoms with Crippen LogP contribution in [0.2, 0.25) is 0 Å². The highest BCUT2D eigenvalue weighted by molar-refractivity contribution is 5.81. The summed E-state index contributed by atoms with van der Waals surface area (Å²) in [4.78, 5) is 16.7. The summed E-state index contributed by atoms with van der Waals surface area (Å²) >= 11 is 0. The maximum atomic E-state index is 5.19. The van der Waals surface area contributed by atoms with Gasteiger partial charge in [0.1, 0.15) is 11.6 Å². The molecule has 1 saturated heterocycles. The molecule has 1 N–H and O–H groups in total. The molecule has 2 fully saturated rings. The number of allylic oxidation sites excluding steroid dienone is 1. The second kappa shape index (κ2) is 11.4. The van der Waals surface area contributed by atoms with Crippen LogP contribution in [0.25, 0.3) is 16.6 Å². The molecule has 4 aliphatic rings. The van der Waals surface area contributed by atoms with Gasteiger partial charge in [0.15, 0.2) is 0 Å². The molecule has 43 heavy (non-hydrogen) atoms. The van der Waals surface area contributed by atoms with Crippen molar-refractivity contribution in [3.63, 3.8) is 0 Å². The summed E-state index contributed by atoms with van der Waals surface area (Å²) in [5, 5.41) is 0. The van der Waals surface area contributed by atoms with Gasteiger partial charge in [0.25, 0.3) is 0 Å². The smallest absolute Gasteiger partial charge is 0.124 e. The number of aromatic amines is 1. The lowest BCUT2D eigenvalue weighted by atomic mass is 9.77. The molecule has 8 rings (SSSR count). The van der Waals surface area contributed by atoms with Crippen molar-refractivity contribution in [2.45, 2.75) is 109 Å². The number of aromatic nitrogens is 4. The van der Waals surface area contributed by atoms with Crippen LogP contribution in [0, 0.1) is 5.92 Å². The summed E-state index contributed by atoms with van der Waals surface area (Å²) in [7, 11) is 0. The van der Waals surface area contributed by atoms with Gasteiger partial charge in [-0.15, -0.1) is 0 Å². The van der Waals surface area contributed by atoms with E-state index in [9.17, 15) is 0 Å². The first kappa shape index (κ1) is 27.4. The van der Waals surface area contributed by atoms with E-state index in [-0.39, 0.29) is 0 Å². The Labute approximate surface area is 256 Å². The van der Waals surface area contributed by atoms with Gasteiger partial charge in [-0.1, -0.05) is 42.8 Å². The van der Waals surface area contributed by atoms with E-state index in [2.05, 4.69) is 64.4 Å². The van der Waals surface area contributed by atoms with Gasteiger partial charge in [-0.25, -0.2) is 9.97 Å². The van der Waals surface area contributed by atoms with Crippen molar-refractivity contribution in [2.75, 3.05) is 13.1 Å². The third-order valence-corrected chi connectivity index (χ3v) is 11.3. The van der Waals surface area contributed by atoms with Crippen LogP contribution < -0.4 is 0 Å². The molecule has 0 spiro atoms. The monoisotopic (exact) mass is 573 g/mol. The maximum Gasteiger partial charge on any atom is 0.124 e. The molecule has 4 aromatic rings. The quantitative estimate of drug-likeness (QED) is 0.243. The lowest BCUT2D eigenvalue weighted by Crippen LogP contribution is -2.34. The Bertz CT molecular complexity index is 1620. The zero-order valence-corrected chi connectivity index (χ0v) is 26.0. The number of fused-ring (bicyclic) bond motifs is 3. The molecule has 0 radical (unpaired) electrons. The van der Waals surface area contributed by atoms with E-state index in [1.54, 1.807) is 16.7 Å². The highest BCUT2D eigenvalue weighted by Crippen LogP contribution is 2.39. The van der Waals surface area contributed by atoms with E-state index >= 15 is 0 Å². The zero-order chi connectivity index (χ0) is 28.9. The lowest BCUT2D eigenvalue weighted by molar-refractivity contribution is 0.194. The van der Waals surface area contributed by atoms with Crippen LogP contribution in [0.4, 0.5) is 0 Å². The van der Waals surface area contributed by atoms with Crippen molar-refractivity contribution in [1.82, 2.24) is 24.4 Å². The maximum absolute atomic E-state index is 5.19. The molecule has 224 valence electrons. The first-order valence-corrected chi connectivity index (χ1v) is 17.1. The minimum absolute atomic E-state index is 0.542. The summed E-state index contributed by atoms with van der Waals surface area (Å²) in [6, 6.07) is 13.9. The van der Waals surface area contributed by atoms with Gasteiger partial charge in [-0.05, 0) is 137 Å². The largest absolute Gasteiger partial charge is 0.345 e. The Morgan fingerprint density at radius 3 is 2.58 bits per heavy atom. The van der Waals surface area contributed by atoms with Crippen LogP contribution in [-0.2, 0) is 38.8 Å². The zero-order valence-electron chi connectivity index (χ0n) is 26.0. The molecule has 0 amide bonds. The number of likely N-dealkylation sites (tertiary alicyclic amines) is 1. The van der Waals surface area contributed by atoms with Crippen molar-refractivity contribution >= 4 is 16.6 Å². The normalized spacial score (nSPS) is 21.5. The van der Waals surface area contributed by atoms with E-state index in [4.69, 9.17) is 9.97 Å². The van der Waals surface area contributed by atoms with Crippen molar-refractivity contribution in [3.8, 4) is 0 Å². The molecule has 2 aromatic heterocycles. The van der Waals surface area contributed by atoms with Crippen molar-refractivity contribution in [1.29, 1.82) is 0 Å². The fraction of sp³-hybridized carbons (Fsp3) is 0.526. The SMILES string of the molecule is C=C(C)c1ccc2nc(CN3CCC(c4cccc5c4CCC(c4nc6c([nH]4)CCCC6)C5)CC3)n(CC3CCC3)c2c1. The summed E-state index contributed by atoms with van der Waals surface area (Å²) in [5.74, 6) is 4.53. The van der Waals surface area contributed by atoms with E-state index in [1.165, 1.54) is 98.3 Å². The van der Waals surface area contributed by atoms with Gasteiger partial charge in [-0.3, -0.25) is 4.90 Å². The van der Waals surface area contributed by atoms with Crippen molar-refractivity contribution in [3.05, 3.63) is 88.3 Å². The standard InChI is InChI=1S/C38H47N5/c1-25(2)28-14-16-35-36(22-28)43(23-26-7-5-8-26)37(39-35)24-42-19-17-27(18-20-42)31-10-6-9-29-21-30(13-15-32(29)31)38-40-33-11-3-4-12-34(33)41-38/h6,9-10,14,16,22,26-27,30H,1,3-5,7-8,11-13,15,17-21,23-24H2,2H3,(H,40,41). The Morgan fingerprint density at radius 2 is 1.79 bits per heavy atom. The van der Waals surface area contributed by atoms with Gasteiger partial charge in [-0.2, -0.15) is 0 Å². The molecule has 5 heteroatoms. The van der Waals surface area contributed by atoms with Gasteiger partial charge in [0.2, 0.25) is 0 Å². The Morgan fingerprint density at radius 1 is 0.930 bits per heavy atom. The Hall–Kier alpha value is -3.18. The second-order valence-corrected chi connectivity index (χ2v) is 14.1. The molecule has 3 heterocycles. The number of H-pyrrole nitrogens is 1. The fourth-order valence-corrected chi connectivity index (χ4v) is 8.42. The van der Waals surface area contributed by atoms with Gasteiger partial charge >= 0.3 is 0 Å². The van der Waals surface area contributed by atoms with E-state index < -0.39 is 0 Å². The number of benzene rings is 2. The molecule has 3 aliphatic carbocycles. The number of nitrogens with zero attached hydrogens (tertiary/aromatic N) is 4. The lowest BCUT2D eigenvalue weighted by Gasteiger charge is -2.35. The van der Waals surface area contributed by atoms with Crippen LogP contribution >= 0.6 is 0 Å². The van der Waals surface area contributed by atoms with E-state index in [0.717, 1.165) is 56.0 Å². The fourth-order valence-electron chi connectivity index (χ4n) is 8.42. The number of hydrogen-bond donors (Lipinski definition) is 1. The molecular formula is C38H47N5. The van der Waals surface area contributed by atoms with E-state index in [0.29, 0.717) is 11.8 Å². The van der Waals surface area contributed by atoms with Crippen LogP contribution in [0.1, 0.15) is 115 Å². The Balaban J connectivity index is 0.960. The molecule has 1 saturated carbocycles. The number of rotatable bonds is 7. The molecule has 1 unspecified atom stereocenters. The Kier molecular flexibility index (Phi) is 7.25. The number of nitrogens with one attached hydrogen (secondary N) is 1. The van der Waals surface area contributed by atoms with Crippen LogP contribution in [0.5, 0.6) is 0 Å². The predicted molar refractivity (Wildman–Crippen MR) is 175 cm³/mol. The first-order valence-electron chi connectivity index (χ1n) is 17.1. The van der Waals surface area contributed by atoms with Gasteiger partial charge in [0.05, 0.1) is 23.3 Å². The number of hydrogen-bond acceptors (Lipinski definition) is 3. The topological polar surface area (TPSA) is 49.7 Å². The third kappa shape index (κ3) is 5.28. The molecule has 2 aromatic carbocycles. The molecule has 5 nitrogen and oxygen atoms in total. The van der Waals surface area contributed by atoms with Crippen LogP contribution in [0.15, 0.2) is 43.0 Å². The number of aryl methyl sites for hydroxylation is 2. The summed E-state index contributed by atoms with van der Waals surface area (Å²) in [6.07, 6.45) is 15.1. The number of piperidine rings is 1. The summed E-state index contributed by atoms with van der Waals surface area (Å²) in [6.45, 7) is 10.7. The summed E-state index contributed by atoms with van der Waals surface area (Å²) in [5.41, 5.74) is 12.4. The average Bonchev–Trinajstić information content (AvgIpc) is 3.59. The van der Waals surface area contributed by atoms with E-state index in [1.807, 2.05) is 0 Å². The van der Waals surface area contributed by atoms with Crippen LogP contribution in [-0.4, -0.2) is 37.5 Å². The highest BCUT2D eigenvalue weighted by atomic mass is 15.2. The number of imidazole rings is 2. The summed E-state index contributed by atoms with van der Waals surface area (Å²) < 4.78 is 2.55. The molecule has 1 atom stereocenters. The van der Waals surface area contributed by atoms with Crippen molar-refractivity contribution < 1.29 is 0 Å². The first-order chi connectivity index (χ1) is 21.1. The second-order valence-electron chi connectivity index (χ2n) is 14.1. The highest BCUT2D eigenvalue weighted by Gasteiger charge is 2.30. The third-order valence-electron chi connectivity index (χ3n) is 11.3. The molecule has 0 bridgehead atoms. The van der Waals surface area contributed by atoms with Gasteiger partial charge in [0, 0.05) is 18.2 Å². The van der Waals surface area contributed by atoms with Crippen molar-refractivity contribution in [2.24, 2.45) is 5.92 Å². The predicted octanol–water partition coefficient (Wildman–Crippen LogP) is 8.12.